The van der Waals surface area contributed by atoms with Crippen LogP contribution in [0.25, 0.3) is 0 Å². The van der Waals surface area contributed by atoms with Gasteiger partial charge in [-0.15, -0.1) is 0 Å². The molecule has 1 fully saturated rings. The summed E-state index contributed by atoms with van der Waals surface area (Å²) in [4.78, 5) is 1.60. The van der Waals surface area contributed by atoms with Crippen molar-refractivity contribution < 1.29 is 22.3 Å². The van der Waals surface area contributed by atoms with E-state index >= 15 is 0 Å². The van der Waals surface area contributed by atoms with Crippen molar-refractivity contribution in [2.45, 2.75) is 25.6 Å². The zero-order chi connectivity index (χ0) is 19.6. The summed E-state index contributed by atoms with van der Waals surface area (Å²) in [6, 6.07) is 8.16. The van der Waals surface area contributed by atoms with Crippen LogP contribution in [0.4, 0.5) is 28.9 Å². The minimum atomic E-state index is -4.65. The van der Waals surface area contributed by atoms with Crippen molar-refractivity contribution in [3.05, 3.63) is 65.5 Å². The normalized spacial score (nSPS) is 15.1. The number of nitrogen functional groups attached to an aromatic ring is 1. The average molecular weight is 380 g/mol. The Balaban J connectivity index is 1.98. The summed E-state index contributed by atoms with van der Waals surface area (Å²) < 4.78 is 60.4. The van der Waals surface area contributed by atoms with Gasteiger partial charge in [0.05, 0.1) is 11.4 Å². The number of rotatable bonds is 4. The van der Waals surface area contributed by atoms with E-state index < -0.39 is 17.6 Å². The van der Waals surface area contributed by atoms with E-state index in [1.54, 1.807) is 11.0 Å². The van der Waals surface area contributed by atoms with Gasteiger partial charge in [0.1, 0.15) is 23.7 Å². The van der Waals surface area contributed by atoms with Crippen LogP contribution in [0.15, 0.2) is 48.6 Å². The monoisotopic (exact) mass is 380 g/mol. The second-order valence-corrected chi connectivity index (χ2v) is 6.57. The van der Waals surface area contributed by atoms with E-state index in [9.17, 15) is 17.6 Å². The second kappa shape index (κ2) is 7.50. The number of nitrogens with two attached hydrogens (primary N) is 1. The number of hydrogen-bond donors (Lipinski definition) is 1. The molecule has 3 nitrogen and oxygen atoms in total. The van der Waals surface area contributed by atoms with Gasteiger partial charge in [-0.3, -0.25) is 0 Å². The molecule has 1 saturated heterocycles. The molecule has 0 spiro atoms. The maximum atomic E-state index is 13.9. The fourth-order valence-corrected chi connectivity index (χ4v) is 3.25. The van der Waals surface area contributed by atoms with Gasteiger partial charge in [0.2, 0.25) is 0 Å². The molecule has 1 aliphatic rings. The van der Waals surface area contributed by atoms with Gasteiger partial charge in [-0.2, -0.15) is 13.2 Å². The van der Waals surface area contributed by atoms with E-state index in [0.29, 0.717) is 25.1 Å². The zero-order valence-corrected chi connectivity index (χ0v) is 14.7. The second-order valence-electron chi connectivity index (χ2n) is 6.57. The molecular formula is C20H20F4N2O. The Morgan fingerprint density at radius 2 is 1.96 bits per heavy atom. The molecule has 0 bridgehead atoms. The Morgan fingerprint density at radius 3 is 2.63 bits per heavy atom. The van der Waals surface area contributed by atoms with Crippen LogP contribution in [0.1, 0.15) is 24.0 Å². The first-order valence-corrected chi connectivity index (χ1v) is 8.54. The summed E-state index contributed by atoms with van der Waals surface area (Å²) in [5, 5.41) is 0. The van der Waals surface area contributed by atoms with Crippen molar-refractivity contribution in [2.75, 3.05) is 23.7 Å². The fourth-order valence-electron chi connectivity index (χ4n) is 3.25. The van der Waals surface area contributed by atoms with Gasteiger partial charge in [0.25, 0.3) is 0 Å². The summed E-state index contributed by atoms with van der Waals surface area (Å²) in [7, 11) is 0. The minimum absolute atomic E-state index is 0.0372. The molecule has 27 heavy (non-hydrogen) atoms. The number of alkyl halides is 3. The average Bonchev–Trinajstić information content (AvgIpc) is 2.59. The Labute approximate surface area is 155 Å². The molecule has 2 aromatic rings. The lowest BCUT2D eigenvalue weighted by molar-refractivity contribution is -0.138. The lowest BCUT2D eigenvalue weighted by atomic mass is 10.0. The molecule has 1 aliphatic heterocycles. The maximum Gasteiger partial charge on any atom is 0.422 e. The van der Waals surface area contributed by atoms with Crippen molar-refractivity contribution >= 4 is 11.4 Å². The van der Waals surface area contributed by atoms with Gasteiger partial charge in [-0.1, -0.05) is 24.3 Å². The predicted octanol–water partition coefficient (Wildman–Crippen LogP) is 5.16. The molecule has 2 N–H and O–H groups in total. The zero-order valence-electron chi connectivity index (χ0n) is 14.7. The van der Waals surface area contributed by atoms with Crippen molar-refractivity contribution in [2.24, 2.45) is 0 Å². The van der Waals surface area contributed by atoms with Crippen LogP contribution in [-0.2, 0) is 12.8 Å². The van der Waals surface area contributed by atoms with Gasteiger partial charge < -0.3 is 15.4 Å². The highest BCUT2D eigenvalue weighted by Crippen LogP contribution is 2.46. The molecule has 2 aromatic carbocycles. The largest absolute Gasteiger partial charge is 0.488 e. The maximum absolute atomic E-state index is 13.9. The summed E-state index contributed by atoms with van der Waals surface area (Å²) in [6.45, 7) is 4.48. The molecule has 3 rings (SSSR count). The lowest BCUT2D eigenvalue weighted by Gasteiger charge is -2.33. The van der Waals surface area contributed by atoms with Gasteiger partial charge in [0, 0.05) is 13.1 Å². The number of ether oxygens (including phenoxy) is 1. The Bertz CT molecular complexity index is 848. The molecule has 0 amide bonds. The van der Waals surface area contributed by atoms with Gasteiger partial charge in [-0.05, 0) is 42.7 Å². The number of anilines is 2. The number of hydrogen-bond acceptors (Lipinski definition) is 3. The van der Waals surface area contributed by atoms with E-state index in [-0.39, 0.29) is 23.7 Å². The van der Waals surface area contributed by atoms with E-state index in [4.69, 9.17) is 10.5 Å². The lowest BCUT2D eigenvalue weighted by Crippen LogP contribution is -2.33. The van der Waals surface area contributed by atoms with Crippen molar-refractivity contribution in [1.82, 2.24) is 0 Å². The molecule has 0 atom stereocenters. The molecular weight excluding hydrogens is 360 g/mol. The van der Waals surface area contributed by atoms with Crippen LogP contribution in [0.2, 0.25) is 0 Å². The minimum Gasteiger partial charge on any atom is -0.488 e. The highest BCUT2D eigenvalue weighted by molar-refractivity contribution is 5.76. The van der Waals surface area contributed by atoms with Gasteiger partial charge in [0.15, 0.2) is 0 Å². The van der Waals surface area contributed by atoms with Crippen LogP contribution >= 0.6 is 0 Å². The van der Waals surface area contributed by atoms with Crippen LogP contribution in [0.5, 0.6) is 5.75 Å². The van der Waals surface area contributed by atoms with Crippen LogP contribution in [0, 0.1) is 5.82 Å². The molecule has 0 unspecified atom stereocenters. The molecule has 7 heteroatoms. The quantitative estimate of drug-likeness (QED) is 0.452. The van der Waals surface area contributed by atoms with Crippen LogP contribution < -0.4 is 15.4 Å². The number of piperidine rings is 1. The van der Waals surface area contributed by atoms with Crippen molar-refractivity contribution in [1.29, 1.82) is 0 Å². The van der Waals surface area contributed by atoms with Crippen LogP contribution in [0.3, 0.4) is 0 Å². The third-order valence-corrected chi connectivity index (χ3v) is 4.43. The van der Waals surface area contributed by atoms with E-state index in [0.717, 1.165) is 12.0 Å². The summed E-state index contributed by atoms with van der Waals surface area (Å²) in [5.41, 5.74) is 6.26. The Hall–Kier alpha value is -2.70. The molecule has 0 aromatic heterocycles. The summed E-state index contributed by atoms with van der Waals surface area (Å²) in [5.74, 6) is -0.802. The third-order valence-electron chi connectivity index (χ3n) is 4.43. The first-order chi connectivity index (χ1) is 12.8. The summed E-state index contributed by atoms with van der Waals surface area (Å²) in [6.07, 6.45) is -3.15. The first-order valence-electron chi connectivity index (χ1n) is 8.54. The predicted molar refractivity (Wildman–Crippen MR) is 97.2 cm³/mol. The van der Waals surface area contributed by atoms with Crippen molar-refractivity contribution in [3.63, 3.8) is 0 Å². The van der Waals surface area contributed by atoms with Crippen molar-refractivity contribution in [3.8, 4) is 5.75 Å². The summed E-state index contributed by atoms with van der Waals surface area (Å²) >= 11 is 0. The molecule has 144 valence electrons. The van der Waals surface area contributed by atoms with E-state index in [2.05, 4.69) is 6.58 Å². The van der Waals surface area contributed by atoms with E-state index in [1.807, 2.05) is 0 Å². The number of benzene rings is 2. The molecule has 0 radical (unpaired) electrons. The topological polar surface area (TPSA) is 38.5 Å². The highest BCUT2D eigenvalue weighted by Gasteiger charge is 2.40. The molecule has 0 aliphatic carbocycles. The van der Waals surface area contributed by atoms with E-state index in [1.165, 1.54) is 30.3 Å². The van der Waals surface area contributed by atoms with Gasteiger partial charge in [-0.25, -0.2) is 4.39 Å². The molecule has 1 heterocycles. The van der Waals surface area contributed by atoms with Gasteiger partial charge >= 0.3 is 6.18 Å². The standard InChI is InChI=1S/C20H20F4N2O/c1-13-4-3-9-26(11-13)19-16(25)7-8-17(18(19)20(22,23)24)27-12-14-5-2-6-15(21)10-14/h2,5-8,10H,1,3-4,9,11-12,25H2. The first kappa shape index (κ1) is 19.1. The Kier molecular flexibility index (Phi) is 5.30. The van der Waals surface area contributed by atoms with Crippen LogP contribution in [-0.4, -0.2) is 13.1 Å². The number of nitrogens with zero attached hydrogens (tertiary/aromatic N) is 1. The molecule has 0 saturated carbocycles. The smallest absolute Gasteiger partial charge is 0.422 e. The third kappa shape index (κ3) is 4.35. The number of halogens is 4. The Morgan fingerprint density at radius 1 is 1.19 bits per heavy atom. The SMILES string of the molecule is C=C1CCCN(c2c(N)ccc(OCc3cccc(F)c3)c2C(F)(F)F)C1. The highest BCUT2D eigenvalue weighted by atomic mass is 19.4. The fraction of sp³-hybridized carbons (Fsp3) is 0.300.